The SMILES string of the molecule is CCOc1ccc(C)c(S(=O)(=O)C2CCNc3cc(C4CN(C=O)CCC45CCN(c4ccncc4)CC5)ccc32)c1C. The summed E-state index contributed by atoms with van der Waals surface area (Å²) in [6.07, 6.45) is 8.23. The van der Waals surface area contributed by atoms with Crippen LogP contribution in [0.25, 0.3) is 0 Å². The minimum Gasteiger partial charge on any atom is -0.494 e. The molecule has 2 saturated heterocycles. The number of carbonyl (C=O) groups is 1. The minimum atomic E-state index is -3.67. The number of fused-ring (bicyclic) bond motifs is 1. The van der Waals surface area contributed by atoms with Gasteiger partial charge in [0.25, 0.3) is 0 Å². The van der Waals surface area contributed by atoms with Gasteiger partial charge in [0.05, 0.1) is 16.8 Å². The Balaban J connectivity index is 1.32. The molecule has 2 unspecified atom stereocenters. The van der Waals surface area contributed by atoms with Crippen molar-refractivity contribution in [2.24, 2.45) is 5.41 Å². The Bertz CT molecular complexity index is 1590. The van der Waals surface area contributed by atoms with Gasteiger partial charge in [-0.15, -0.1) is 0 Å². The lowest BCUT2D eigenvalue weighted by Crippen LogP contribution is -2.51. The molecule has 9 heteroatoms. The Morgan fingerprint density at radius 2 is 1.79 bits per heavy atom. The van der Waals surface area contributed by atoms with Gasteiger partial charge in [-0.1, -0.05) is 18.2 Å². The van der Waals surface area contributed by atoms with Gasteiger partial charge in [-0.3, -0.25) is 9.78 Å². The Kier molecular flexibility index (Phi) is 8.11. The molecule has 2 aromatic carbocycles. The van der Waals surface area contributed by atoms with E-state index in [0.29, 0.717) is 42.3 Å². The first-order valence-electron chi connectivity index (χ1n) is 15.5. The number of amides is 1. The summed E-state index contributed by atoms with van der Waals surface area (Å²) in [6, 6.07) is 14.2. The van der Waals surface area contributed by atoms with E-state index in [9.17, 15) is 13.2 Å². The molecule has 43 heavy (non-hydrogen) atoms. The van der Waals surface area contributed by atoms with E-state index in [-0.39, 0.29) is 11.3 Å². The predicted molar refractivity (Wildman–Crippen MR) is 170 cm³/mol. The highest BCUT2D eigenvalue weighted by molar-refractivity contribution is 7.91. The summed E-state index contributed by atoms with van der Waals surface area (Å²) in [6.45, 7) is 10.1. The Morgan fingerprint density at radius 1 is 1.05 bits per heavy atom. The number of carbonyl (C=O) groups excluding carboxylic acids is 1. The number of hydrogen-bond acceptors (Lipinski definition) is 7. The highest BCUT2D eigenvalue weighted by Crippen LogP contribution is 2.51. The van der Waals surface area contributed by atoms with Crippen LogP contribution in [0.15, 0.2) is 59.8 Å². The van der Waals surface area contributed by atoms with Crippen LogP contribution in [0.1, 0.15) is 66.0 Å². The normalized spacial score (nSPS) is 21.7. The van der Waals surface area contributed by atoms with Gasteiger partial charge in [0, 0.05) is 68.0 Å². The van der Waals surface area contributed by atoms with E-state index in [1.165, 1.54) is 11.3 Å². The van der Waals surface area contributed by atoms with Crippen molar-refractivity contribution in [2.45, 2.75) is 62.5 Å². The summed E-state index contributed by atoms with van der Waals surface area (Å²) in [4.78, 5) is 20.8. The third-order valence-corrected chi connectivity index (χ3v) is 12.5. The van der Waals surface area contributed by atoms with Crippen LogP contribution >= 0.6 is 0 Å². The van der Waals surface area contributed by atoms with Gasteiger partial charge in [0.15, 0.2) is 9.84 Å². The van der Waals surface area contributed by atoms with Gasteiger partial charge in [-0.05, 0) is 92.8 Å². The molecule has 1 N–H and O–H groups in total. The summed E-state index contributed by atoms with van der Waals surface area (Å²) in [5, 5.41) is 2.88. The average molecular weight is 603 g/mol. The molecular weight excluding hydrogens is 560 g/mol. The predicted octanol–water partition coefficient (Wildman–Crippen LogP) is 5.66. The number of aryl methyl sites for hydroxylation is 1. The molecular formula is C34H42N4O4S. The smallest absolute Gasteiger partial charge is 0.209 e. The molecule has 3 aliphatic heterocycles. The highest BCUT2D eigenvalue weighted by Gasteiger charge is 2.46. The maximum atomic E-state index is 14.3. The molecule has 1 spiro atoms. The van der Waals surface area contributed by atoms with Crippen LogP contribution in [-0.4, -0.2) is 64.0 Å². The molecule has 1 aromatic heterocycles. The molecule has 2 atom stereocenters. The zero-order valence-corrected chi connectivity index (χ0v) is 26.2. The maximum absolute atomic E-state index is 14.3. The molecule has 8 nitrogen and oxygen atoms in total. The van der Waals surface area contributed by atoms with Crippen LogP contribution in [-0.2, 0) is 14.6 Å². The molecule has 4 heterocycles. The molecule has 228 valence electrons. The van der Waals surface area contributed by atoms with Gasteiger partial charge in [0.1, 0.15) is 5.75 Å². The fourth-order valence-corrected chi connectivity index (χ4v) is 10.0. The third kappa shape index (κ3) is 5.37. The van der Waals surface area contributed by atoms with E-state index in [1.807, 2.05) is 56.3 Å². The molecule has 2 fully saturated rings. The zero-order chi connectivity index (χ0) is 30.2. The standard InChI is InChI=1S/C34H42N4O4S/c1-4-42-31-8-5-24(2)33(25(31)3)43(40,41)32-11-17-36-30-21-26(6-7-28(30)32)29-22-37(23-39)18-12-34(29)13-19-38(20-14-34)27-9-15-35-16-10-27/h5-10,15-16,21,23,29,32,36H,4,11-14,17-20,22H2,1-3H3. The molecule has 0 saturated carbocycles. The second kappa shape index (κ2) is 11.8. The van der Waals surface area contributed by atoms with E-state index in [2.05, 4.69) is 39.5 Å². The zero-order valence-electron chi connectivity index (χ0n) is 25.4. The van der Waals surface area contributed by atoms with Crippen LogP contribution in [0.2, 0.25) is 0 Å². The second-order valence-electron chi connectivity index (χ2n) is 12.3. The van der Waals surface area contributed by atoms with Crippen molar-refractivity contribution in [2.75, 3.05) is 49.5 Å². The monoisotopic (exact) mass is 602 g/mol. The van der Waals surface area contributed by atoms with Crippen LogP contribution < -0.4 is 15.0 Å². The number of ether oxygens (including phenoxy) is 1. The maximum Gasteiger partial charge on any atom is 0.209 e. The molecule has 0 radical (unpaired) electrons. The number of aromatic nitrogens is 1. The van der Waals surface area contributed by atoms with Crippen LogP contribution in [0.3, 0.4) is 0 Å². The van der Waals surface area contributed by atoms with E-state index < -0.39 is 15.1 Å². The second-order valence-corrected chi connectivity index (χ2v) is 14.4. The Morgan fingerprint density at radius 3 is 2.51 bits per heavy atom. The van der Waals surface area contributed by atoms with Crippen molar-refractivity contribution in [3.63, 3.8) is 0 Å². The molecule has 6 rings (SSSR count). The number of nitrogens with zero attached hydrogens (tertiary/aromatic N) is 3. The first kappa shape index (κ1) is 29.5. The largest absolute Gasteiger partial charge is 0.494 e. The minimum absolute atomic E-state index is 0.0887. The number of anilines is 2. The Hall–Kier alpha value is -3.59. The number of benzene rings is 2. The van der Waals surface area contributed by atoms with E-state index in [4.69, 9.17) is 4.74 Å². The highest BCUT2D eigenvalue weighted by atomic mass is 32.2. The lowest BCUT2D eigenvalue weighted by Gasteiger charge is -2.52. The van der Waals surface area contributed by atoms with Gasteiger partial charge >= 0.3 is 0 Å². The van der Waals surface area contributed by atoms with E-state index >= 15 is 0 Å². The fraction of sp³-hybridized carbons (Fsp3) is 0.471. The molecule has 0 aliphatic carbocycles. The number of nitrogens with one attached hydrogen (secondary N) is 1. The summed E-state index contributed by atoms with van der Waals surface area (Å²) in [5.74, 6) is 0.802. The molecule has 1 amide bonds. The van der Waals surface area contributed by atoms with Crippen molar-refractivity contribution >= 4 is 27.6 Å². The number of likely N-dealkylation sites (tertiary alicyclic amines) is 1. The van der Waals surface area contributed by atoms with Crippen LogP contribution in [0, 0.1) is 19.3 Å². The van der Waals surface area contributed by atoms with E-state index in [1.54, 1.807) is 0 Å². The lowest BCUT2D eigenvalue weighted by atomic mass is 9.62. The first-order chi connectivity index (χ1) is 20.8. The van der Waals surface area contributed by atoms with Crippen molar-refractivity contribution in [3.8, 4) is 5.75 Å². The molecule has 3 aromatic rings. The summed E-state index contributed by atoms with van der Waals surface area (Å²) in [5.41, 5.74) is 5.60. The number of piperidine rings is 2. The van der Waals surface area contributed by atoms with E-state index in [0.717, 1.165) is 62.1 Å². The first-order valence-corrected chi connectivity index (χ1v) is 17.0. The summed E-state index contributed by atoms with van der Waals surface area (Å²) in [7, 11) is -3.67. The Labute approximate surface area is 255 Å². The number of hydrogen-bond donors (Lipinski definition) is 1. The number of pyridine rings is 1. The summed E-state index contributed by atoms with van der Waals surface area (Å²) < 4.78 is 34.3. The van der Waals surface area contributed by atoms with Gasteiger partial charge in [-0.2, -0.15) is 0 Å². The average Bonchev–Trinajstić information content (AvgIpc) is 3.03. The van der Waals surface area contributed by atoms with Gasteiger partial charge in [0.2, 0.25) is 6.41 Å². The number of sulfone groups is 1. The molecule has 0 bridgehead atoms. The lowest BCUT2D eigenvalue weighted by molar-refractivity contribution is -0.121. The van der Waals surface area contributed by atoms with Crippen LogP contribution in [0.4, 0.5) is 11.4 Å². The van der Waals surface area contributed by atoms with Crippen molar-refractivity contribution in [1.82, 2.24) is 9.88 Å². The van der Waals surface area contributed by atoms with Crippen molar-refractivity contribution in [1.29, 1.82) is 0 Å². The number of rotatable bonds is 7. The van der Waals surface area contributed by atoms with Crippen LogP contribution in [0.5, 0.6) is 5.75 Å². The quantitative estimate of drug-likeness (QED) is 0.349. The van der Waals surface area contributed by atoms with Gasteiger partial charge in [-0.25, -0.2) is 8.42 Å². The topological polar surface area (TPSA) is 91.8 Å². The van der Waals surface area contributed by atoms with Crippen molar-refractivity contribution < 1.29 is 17.9 Å². The van der Waals surface area contributed by atoms with Crippen molar-refractivity contribution in [3.05, 3.63) is 77.1 Å². The third-order valence-electron chi connectivity index (χ3n) is 10.0. The fourth-order valence-electron chi connectivity index (χ4n) is 7.72. The van der Waals surface area contributed by atoms with Gasteiger partial charge < -0.3 is 19.9 Å². The summed E-state index contributed by atoms with van der Waals surface area (Å²) >= 11 is 0. The molecule has 3 aliphatic rings.